The van der Waals surface area contributed by atoms with E-state index in [0.717, 1.165) is 0 Å². The monoisotopic (exact) mass is 674 g/mol. The number of pyridine rings is 1. The van der Waals surface area contributed by atoms with Crippen LogP contribution in [-0.2, 0) is 25.5 Å². The normalized spacial score (nSPS) is 10.9. The van der Waals surface area contributed by atoms with Crippen LogP contribution in [0, 0.1) is 6.92 Å². The summed E-state index contributed by atoms with van der Waals surface area (Å²) in [7, 11) is 0. The number of carbonyl (C=O) groups is 2. The van der Waals surface area contributed by atoms with E-state index in [1.165, 1.54) is 12.4 Å². The van der Waals surface area contributed by atoms with Gasteiger partial charge in [-0.3, -0.25) is 4.98 Å². The number of carboxylic acids is 2. The summed E-state index contributed by atoms with van der Waals surface area (Å²) >= 11 is 12.5. The number of ether oxygens (including phenoxy) is 3. The second-order valence-corrected chi connectivity index (χ2v) is 10.4. The second-order valence-electron chi connectivity index (χ2n) is 9.54. The summed E-state index contributed by atoms with van der Waals surface area (Å²) in [4.78, 5) is 35.3. The fourth-order valence-electron chi connectivity index (χ4n) is 4.08. The Labute approximate surface area is 274 Å². The number of halogens is 2. The van der Waals surface area contributed by atoms with Crippen LogP contribution < -0.4 is 16.0 Å². The molecule has 0 aliphatic rings. The molecule has 4 aromatic rings. The first-order valence-electron chi connectivity index (χ1n) is 14.0. The average molecular weight is 676 g/mol. The molecule has 0 atom stereocenters. The van der Waals surface area contributed by atoms with E-state index in [2.05, 4.69) is 30.9 Å². The molecule has 0 fully saturated rings. The van der Waals surface area contributed by atoms with Crippen molar-refractivity contribution in [3.63, 3.8) is 0 Å². The maximum absolute atomic E-state index is 11.8. The highest BCUT2D eigenvalue weighted by molar-refractivity contribution is 6.35. The van der Waals surface area contributed by atoms with Crippen molar-refractivity contribution in [3.05, 3.63) is 76.0 Å². The molecule has 0 saturated carbocycles. The van der Waals surface area contributed by atoms with E-state index in [9.17, 15) is 14.7 Å². The van der Waals surface area contributed by atoms with E-state index in [1.54, 1.807) is 43.3 Å². The molecule has 0 bridgehead atoms. The summed E-state index contributed by atoms with van der Waals surface area (Å²) < 4.78 is 21.9. The Balaban J connectivity index is 1.44. The van der Waals surface area contributed by atoms with Crippen LogP contribution >= 0.6 is 23.2 Å². The molecular weight excluding hydrogens is 643 g/mol. The van der Waals surface area contributed by atoms with Gasteiger partial charge in [-0.25, -0.2) is 19.6 Å². The van der Waals surface area contributed by atoms with Crippen LogP contribution in [0.25, 0.3) is 11.3 Å². The van der Waals surface area contributed by atoms with Crippen molar-refractivity contribution in [2.45, 2.75) is 13.5 Å². The van der Waals surface area contributed by atoms with E-state index >= 15 is 0 Å². The first-order chi connectivity index (χ1) is 22.2. The number of anilines is 4. The third kappa shape index (κ3) is 10.3. The molecule has 3 heterocycles. The molecule has 14 nitrogen and oxygen atoms in total. The second kappa shape index (κ2) is 17.3. The zero-order chi connectivity index (χ0) is 32.9. The van der Waals surface area contributed by atoms with Gasteiger partial charge in [0.05, 0.1) is 50.3 Å². The van der Waals surface area contributed by atoms with Gasteiger partial charge in [-0.05, 0) is 43.3 Å². The number of hydrogen-bond acceptors (Lipinski definition) is 12. The average Bonchev–Trinajstić information content (AvgIpc) is 3.49. The quantitative estimate of drug-likeness (QED) is 0.0800. The lowest BCUT2D eigenvalue weighted by Crippen LogP contribution is -2.17. The van der Waals surface area contributed by atoms with Gasteiger partial charge in [-0.1, -0.05) is 23.2 Å². The molecule has 4 rings (SSSR count). The summed E-state index contributed by atoms with van der Waals surface area (Å²) in [5.74, 6) is 0.137. The van der Waals surface area contributed by atoms with Crippen molar-refractivity contribution in [3.8, 4) is 11.3 Å². The van der Waals surface area contributed by atoms with Gasteiger partial charge in [0, 0.05) is 29.5 Å². The molecule has 5 N–H and O–H groups in total. The molecule has 0 radical (unpaired) electrons. The van der Waals surface area contributed by atoms with Crippen LogP contribution in [-0.4, -0.2) is 83.3 Å². The third-order valence-electron chi connectivity index (χ3n) is 6.13. The van der Waals surface area contributed by atoms with Crippen molar-refractivity contribution in [2.24, 2.45) is 0 Å². The summed E-state index contributed by atoms with van der Waals surface area (Å²) in [5.41, 5.74) is 1.38. The molecule has 0 spiro atoms. The van der Waals surface area contributed by atoms with Gasteiger partial charge in [-0.2, -0.15) is 0 Å². The molecule has 16 heteroatoms. The summed E-state index contributed by atoms with van der Waals surface area (Å²) in [6.07, 6.45) is 2.73. The molecule has 0 aliphatic carbocycles. The molecule has 1 aromatic carbocycles. The van der Waals surface area contributed by atoms with E-state index in [-0.39, 0.29) is 31.9 Å². The van der Waals surface area contributed by atoms with Gasteiger partial charge < -0.3 is 44.8 Å². The smallest absolute Gasteiger partial charge is 0.339 e. The standard InChI is InChI=1S/C30H32Cl2N6O8/c1-18-36-28(34-8-9-43-10-11-44-12-13-45-17-26(39)40)27(29(37-18)38-24-6-7-33-16-22(24)30(41)42)35-15-20-3-5-25(46-20)21-14-19(31)2-4-23(21)32/h2-7,14,16,35H,8-13,15,17H2,1H3,(H,39,40)(H,41,42)(H2,33,34,36,37,38). The molecular formula is C30H32Cl2N6O8. The Kier molecular flexibility index (Phi) is 12.9. The van der Waals surface area contributed by atoms with Gasteiger partial charge in [-0.15, -0.1) is 0 Å². The maximum atomic E-state index is 11.8. The first-order valence-corrected chi connectivity index (χ1v) is 14.8. The predicted octanol–water partition coefficient (Wildman–Crippen LogP) is 5.35. The van der Waals surface area contributed by atoms with Crippen molar-refractivity contribution in [1.82, 2.24) is 15.0 Å². The Bertz CT molecular complexity index is 1640. The van der Waals surface area contributed by atoms with Crippen molar-refractivity contribution in [1.29, 1.82) is 0 Å². The molecule has 46 heavy (non-hydrogen) atoms. The number of nitrogens with one attached hydrogen (secondary N) is 3. The lowest BCUT2D eigenvalue weighted by atomic mass is 10.2. The SMILES string of the molecule is Cc1nc(NCCOCCOCCOCC(=O)O)c(NCc2ccc(-c3cc(Cl)ccc3Cl)o2)c(Nc2ccncc2C(=O)O)n1. The number of aromatic carboxylic acids is 1. The van der Waals surface area contributed by atoms with Crippen LogP contribution in [0.4, 0.5) is 23.0 Å². The molecule has 0 unspecified atom stereocenters. The largest absolute Gasteiger partial charge is 0.480 e. The van der Waals surface area contributed by atoms with E-state index in [1.807, 2.05) is 0 Å². The number of aromatic nitrogens is 3. The minimum absolute atomic E-state index is 0.0302. The van der Waals surface area contributed by atoms with E-state index in [0.29, 0.717) is 82.3 Å². The number of benzene rings is 1. The van der Waals surface area contributed by atoms with Crippen LogP contribution in [0.15, 0.2) is 53.2 Å². The van der Waals surface area contributed by atoms with Gasteiger partial charge >= 0.3 is 11.9 Å². The number of aliphatic carboxylic acids is 1. The van der Waals surface area contributed by atoms with Crippen LogP contribution in [0.5, 0.6) is 0 Å². The van der Waals surface area contributed by atoms with Crippen LogP contribution in [0.1, 0.15) is 21.9 Å². The lowest BCUT2D eigenvalue weighted by molar-refractivity contribution is -0.142. The molecule has 3 aromatic heterocycles. The van der Waals surface area contributed by atoms with E-state index in [4.69, 9.17) is 46.9 Å². The maximum Gasteiger partial charge on any atom is 0.339 e. The number of nitrogens with zero attached hydrogens (tertiary/aromatic N) is 3. The third-order valence-corrected chi connectivity index (χ3v) is 6.69. The minimum atomic E-state index is -1.15. The number of hydrogen-bond donors (Lipinski definition) is 5. The summed E-state index contributed by atoms with van der Waals surface area (Å²) in [5, 5.41) is 28.9. The highest BCUT2D eigenvalue weighted by Gasteiger charge is 2.18. The molecule has 0 aliphatic heterocycles. The van der Waals surface area contributed by atoms with Crippen LogP contribution in [0.2, 0.25) is 10.0 Å². The van der Waals surface area contributed by atoms with Gasteiger partial charge in [0.2, 0.25) is 0 Å². The van der Waals surface area contributed by atoms with Crippen molar-refractivity contribution >= 4 is 58.2 Å². The Morgan fingerprint density at radius 2 is 1.65 bits per heavy atom. The number of rotatable bonds is 19. The van der Waals surface area contributed by atoms with Crippen molar-refractivity contribution < 1.29 is 38.4 Å². The first kappa shape index (κ1) is 34.4. The Morgan fingerprint density at radius 3 is 2.41 bits per heavy atom. The Morgan fingerprint density at radius 1 is 0.913 bits per heavy atom. The topological polar surface area (TPSA) is 190 Å². The van der Waals surface area contributed by atoms with Gasteiger partial charge in [0.1, 0.15) is 35.2 Å². The molecule has 0 amide bonds. The molecule has 0 saturated heterocycles. The fraction of sp³-hybridized carbons (Fsp3) is 0.300. The highest BCUT2D eigenvalue weighted by Crippen LogP contribution is 2.34. The van der Waals surface area contributed by atoms with Gasteiger partial charge in [0.25, 0.3) is 0 Å². The zero-order valence-electron chi connectivity index (χ0n) is 24.7. The highest BCUT2D eigenvalue weighted by atomic mass is 35.5. The number of furan rings is 1. The predicted molar refractivity (Wildman–Crippen MR) is 171 cm³/mol. The zero-order valence-corrected chi connectivity index (χ0v) is 26.2. The molecule has 244 valence electrons. The number of aryl methyl sites for hydroxylation is 1. The minimum Gasteiger partial charge on any atom is -0.480 e. The Hall–Kier alpha value is -4.47. The summed E-state index contributed by atoms with van der Waals surface area (Å²) in [6, 6.07) is 10.2. The summed E-state index contributed by atoms with van der Waals surface area (Å²) in [6.45, 7) is 3.32. The fourth-order valence-corrected chi connectivity index (χ4v) is 4.46. The number of carboxylic acid groups (broad SMARTS) is 2. The van der Waals surface area contributed by atoms with Crippen molar-refractivity contribution in [2.75, 3.05) is 62.1 Å². The van der Waals surface area contributed by atoms with Crippen LogP contribution in [0.3, 0.4) is 0 Å². The van der Waals surface area contributed by atoms with Gasteiger partial charge in [0.15, 0.2) is 11.6 Å². The lowest BCUT2D eigenvalue weighted by Gasteiger charge is -2.18. The van der Waals surface area contributed by atoms with E-state index < -0.39 is 11.9 Å².